The van der Waals surface area contributed by atoms with Crippen molar-refractivity contribution in [3.63, 3.8) is 0 Å². The van der Waals surface area contributed by atoms with Crippen LogP contribution in [-0.4, -0.2) is 48.4 Å². The van der Waals surface area contributed by atoms with E-state index in [0.717, 1.165) is 6.54 Å². The molecule has 2 atom stereocenters. The number of amides is 2. The molecule has 2 unspecified atom stereocenters. The van der Waals surface area contributed by atoms with Crippen molar-refractivity contribution >= 4 is 23.4 Å². The van der Waals surface area contributed by atoms with Gasteiger partial charge in [0.05, 0.1) is 0 Å². The number of halogens is 1. The summed E-state index contributed by atoms with van der Waals surface area (Å²) in [6.07, 6.45) is 0.622. The summed E-state index contributed by atoms with van der Waals surface area (Å²) < 4.78 is 0. The lowest BCUT2D eigenvalue weighted by Gasteiger charge is -2.35. The van der Waals surface area contributed by atoms with Gasteiger partial charge in [-0.3, -0.25) is 9.59 Å². The Labute approximate surface area is 148 Å². The highest BCUT2D eigenvalue weighted by Gasteiger charge is 2.29. The second kappa shape index (κ2) is 8.49. The fourth-order valence-corrected chi connectivity index (χ4v) is 3.01. The largest absolute Gasteiger partial charge is 0.340 e. The molecule has 2 N–H and O–H groups in total. The lowest BCUT2D eigenvalue weighted by atomic mass is 10.0. The van der Waals surface area contributed by atoms with Crippen LogP contribution in [0.5, 0.6) is 0 Å². The Kier molecular flexibility index (Phi) is 6.63. The molecule has 1 aromatic rings. The molecule has 0 aromatic heterocycles. The van der Waals surface area contributed by atoms with Crippen LogP contribution in [0, 0.1) is 5.92 Å². The summed E-state index contributed by atoms with van der Waals surface area (Å²) in [6.45, 7) is 8.29. The average Bonchev–Trinajstić information content (AvgIpc) is 2.53. The first-order chi connectivity index (χ1) is 11.4. The van der Waals surface area contributed by atoms with Gasteiger partial charge < -0.3 is 15.5 Å². The Morgan fingerprint density at radius 1 is 1.33 bits per heavy atom. The molecule has 132 valence electrons. The molecule has 1 fully saturated rings. The summed E-state index contributed by atoms with van der Waals surface area (Å²) in [6, 6.07) is 6.46. The Bertz CT molecular complexity index is 574. The van der Waals surface area contributed by atoms with Crippen molar-refractivity contribution in [2.45, 2.75) is 39.3 Å². The predicted octanol–water partition coefficient (Wildman–Crippen LogP) is 2.30. The van der Waals surface area contributed by atoms with Crippen molar-refractivity contribution in [3.8, 4) is 0 Å². The van der Waals surface area contributed by atoms with Gasteiger partial charge in [0.25, 0.3) is 5.91 Å². The van der Waals surface area contributed by atoms with Crippen molar-refractivity contribution in [1.82, 2.24) is 15.5 Å². The zero-order chi connectivity index (χ0) is 17.7. The Balaban J connectivity index is 2.08. The third kappa shape index (κ3) is 5.21. The molecule has 0 saturated carbocycles. The van der Waals surface area contributed by atoms with E-state index in [2.05, 4.69) is 31.4 Å². The molecule has 1 aliphatic heterocycles. The molecule has 1 aliphatic rings. The van der Waals surface area contributed by atoms with E-state index in [1.807, 2.05) is 4.90 Å². The van der Waals surface area contributed by atoms with E-state index >= 15 is 0 Å². The predicted molar refractivity (Wildman–Crippen MR) is 96.2 cm³/mol. The number of hydrogen-bond acceptors (Lipinski definition) is 3. The molecular weight excluding hydrogens is 326 g/mol. The van der Waals surface area contributed by atoms with Gasteiger partial charge in [-0.2, -0.15) is 0 Å². The minimum atomic E-state index is -0.501. The van der Waals surface area contributed by atoms with Crippen molar-refractivity contribution in [2.75, 3.05) is 19.6 Å². The Hall–Kier alpha value is -1.59. The van der Waals surface area contributed by atoms with E-state index in [9.17, 15) is 9.59 Å². The quantitative estimate of drug-likeness (QED) is 0.855. The second-order valence-electron chi connectivity index (χ2n) is 6.80. The molecule has 2 rings (SSSR count). The minimum absolute atomic E-state index is 0.000589. The van der Waals surface area contributed by atoms with Crippen LogP contribution in [0.1, 0.15) is 37.6 Å². The zero-order valence-corrected chi connectivity index (χ0v) is 15.3. The number of benzene rings is 1. The molecule has 1 saturated heterocycles. The van der Waals surface area contributed by atoms with Crippen LogP contribution in [0.2, 0.25) is 5.02 Å². The van der Waals surface area contributed by atoms with Crippen molar-refractivity contribution < 1.29 is 9.59 Å². The number of nitrogens with zero attached hydrogens (tertiary/aromatic N) is 1. The highest BCUT2D eigenvalue weighted by molar-refractivity contribution is 6.30. The van der Waals surface area contributed by atoms with Gasteiger partial charge in [-0.25, -0.2) is 0 Å². The highest BCUT2D eigenvalue weighted by atomic mass is 35.5. The maximum absolute atomic E-state index is 12.9. The van der Waals surface area contributed by atoms with Crippen LogP contribution in [0.15, 0.2) is 24.3 Å². The van der Waals surface area contributed by atoms with Crippen LogP contribution < -0.4 is 10.6 Å². The SMILES string of the molecule is CC(C)CC(NC(=O)c1ccc(Cl)cc1)C(=O)N1CCNC(C)C1. The van der Waals surface area contributed by atoms with Gasteiger partial charge in [0, 0.05) is 36.3 Å². The number of rotatable bonds is 5. The maximum Gasteiger partial charge on any atom is 0.251 e. The van der Waals surface area contributed by atoms with E-state index in [1.165, 1.54) is 0 Å². The first kappa shape index (κ1) is 18.7. The second-order valence-corrected chi connectivity index (χ2v) is 7.24. The van der Waals surface area contributed by atoms with Gasteiger partial charge >= 0.3 is 0 Å². The molecule has 24 heavy (non-hydrogen) atoms. The van der Waals surface area contributed by atoms with Crippen molar-refractivity contribution in [3.05, 3.63) is 34.9 Å². The lowest BCUT2D eigenvalue weighted by Crippen LogP contribution is -2.56. The standard InChI is InChI=1S/C18H26ClN3O2/c1-12(2)10-16(18(24)22-9-8-20-13(3)11-22)21-17(23)14-4-6-15(19)7-5-14/h4-7,12-13,16,20H,8-11H2,1-3H3,(H,21,23). The zero-order valence-electron chi connectivity index (χ0n) is 14.5. The van der Waals surface area contributed by atoms with Crippen LogP contribution in [-0.2, 0) is 4.79 Å². The maximum atomic E-state index is 12.9. The first-order valence-electron chi connectivity index (χ1n) is 8.45. The van der Waals surface area contributed by atoms with Gasteiger partial charge in [0.15, 0.2) is 0 Å². The molecule has 2 amide bonds. The Morgan fingerprint density at radius 3 is 2.58 bits per heavy atom. The van der Waals surface area contributed by atoms with E-state index in [1.54, 1.807) is 24.3 Å². The molecule has 0 aliphatic carbocycles. The molecule has 1 aromatic carbocycles. The summed E-state index contributed by atoms with van der Waals surface area (Å²) >= 11 is 5.86. The summed E-state index contributed by atoms with van der Waals surface area (Å²) in [5.41, 5.74) is 0.509. The average molecular weight is 352 g/mol. The van der Waals surface area contributed by atoms with Crippen LogP contribution >= 0.6 is 11.6 Å². The summed E-state index contributed by atoms with van der Waals surface area (Å²) in [7, 11) is 0. The highest BCUT2D eigenvalue weighted by Crippen LogP contribution is 2.13. The minimum Gasteiger partial charge on any atom is -0.340 e. The van der Waals surface area contributed by atoms with Crippen molar-refractivity contribution in [2.24, 2.45) is 5.92 Å². The van der Waals surface area contributed by atoms with E-state index in [-0.39, 0.29) is 17.9 Å². The third-order valence-corrected chi connectivity index (χ3v) is 4.35. The van der Waals surface area contributed by atoms with Crippen LogP contribution in [0.4, 0.5) is 0 Å². The van der Waals surface area contributed by atoms with Gasteiger partial charge in [0.1, 0.15) is 6.04 Å². The molecule has 1 heterocycles. The van der Waals surface area contributed by atoms with Gasteiger partial charge in [-0.15, -0.1) is 0 Å². The van der Waals surface area contributed by atoms with Gasteiger partial charge in [-0.1, -0.05) is 25.4 Å². The van der Waals surface area contributed by atoms with E-state index in [4.69, 9.17) is 11.6 Å². The fourth-order valence-electron chi connectivity index (χ4n) is 2.89. The van der Waals surface area contributed by atoms with Gasteiger partial charge in [-0.05, 0) is 43.5 Å². The normalized spacial score (nSPS) is 19.2. The number of nitrogens with one attached hydrogen (secondary N) is 2. The lowest BCUT2D eigenvalue weighted by molar-refractivity contribution is -0.134. The molecule has 0 spiro atoms. The molecule has 0 bridgehead atoms. The van der Waals surface area contributed by atoms with E-state index < -0.39 is 6.04 Å². The van der Waals surface area contributed by atoms with Crippen molar-refractivity contribution in [1.29, 1.82) is 0 Å². The monoisotopic (exact) mass is 351 g/mol. The molecular formula is C18H26ClN3O2. The third-order valence-electron chi connectivity index (χ3n) is 4.10. The summed E-state index contributed by atoms with van der Waals surface area (Å²) in [5.74, 6) is 0.0676. The van der Waals surface area contributed by atoms with E-state index in [0.29, 0.717) is 36.0 Å². The summed E-state index contributed by atoms with van der Waals surface area (Å²) in [5, 5.41) is 6.81. The first-order valence-corrected chi connectivity index (χ1v) is 8.83. The topological polar surface area (TPSA) is 61.4 Å². The molecule has 5 nitrogen and oxygen atoms in total. The number of piperazine rings is 1. The fraction of sp³-hybridized carbons (Fsp3) is 0.556. The van der Waals surface area contributed by atoms with Gasteiger partial charge in [0.2, 0.25) is 5.91 Å². The number of carbonyl (C=O) groups excluding carboxylic acids is 2. The molecule has 0 radical (unpaired) electrons. The number of hydrogen-bond donors (Lipinski definition) is 2. The summed E-state index contributed by atoms with van der Waals surface area (Å²) in [4.78, 5) is 27.2. The smallest absolute Gasteiger partial charge is 0.251 e. The molecule has 6 heteroatoms. The Morgan fingerprint density at radius 2 is 2.00 bits per heavy atom. The van der Waals surface area contributed by atoms with Crippen LogP contribution in [0.25, 0.3) is 0 Å². The van der Waals surface area contributed by atoms with Crippen LogP contribution in [0.3, 0.4) is 0 Å². The number of carbonyl (C=O) groups is 2.